The summed E-state index contributed by atoms with van der Waals surface area (Å²) in [5.41, 5.74) is 0.644. The minimum Gasteiger partial charge on any atom is -0.481 e. The van der Waals surface area contributed by atoms with Crippen molar-refractivity contribution in [2.45, 2.75) is 11.3 Å². The average molecular weight is 326 g/mol. The van der Waals surface area contributed by atoms with Crippen molar-refractivity contribution >= 4 is 45.9 Å². The lowest BCUT2D eigenvalue weighted by molar-refractivity contribution is -0.133. The van der Waals surface area contributed by atoms with Gasteiger partial charge in [-0.15, -0.1) is 10.2 Å². The third kappa shape index (κ3) is 4.13. The molecule has 2 rings (SSSR count). The van der Waals surface area contributed by atoms with Crippen molar-refractivity contribution in [1.82, 2.24) is 15.2 Å². The minimum absolute atomic E-state index is 0.124. The van der Waals surface area contributed by atoms with Crippen LogP contribution in [0.2, 0.25) is 0 Å². The molecule has 0 spiro atoms. The van der Waals surface area contributed by atoms with Crippen LogP contribution >= 0.6 is 23.1 Å². The number of carboxylic acids is 1. The number of rotatable bonds is 6. The van der Waals surface area contributed by atoms with Gasteiger partial charge in [-0.25, -0.2) is 0 Å². The molecular formula is C11H10N4O4S2. The summed E-state index contributed by atoms with van der Waals surface area (Å²) in [5, 5.41) is 18.8. The molecule has 0 saturated heterocycles. The Balaban J connectivity index is 1.98. The second-order valence-corrected chi connectivity index (χ2v) is 6.07. The van der Waals surface area contributed by atoms with Gasteiger partial charge in [0.1, 0.15) is 5.69 Å². The molecule has 0 aliphatic rings. The van der Waals surface area contributed by atoms with E-state index < -0.39 is 11.9 Å². The topological polar surface area (TPSA) is 125 Å². The molecule has 2 aromatic heterocycles. The van der Waals surface area contributed by atoms with E-state index in [2.05, 4.69) is 20.5 Å². The van der Waals surface area contributed by atoms with Gasteiger partial charge in [0, 0.05) is 11.8 Å². The van der Waals surface area contributed by atoms with Crippen LogP contribution in [0.1, 0.15) is 27.8 Å². The van der Waals surface area contributed by atoms with Crippen molar-refractivity contribution in [1.29, 1.82) is 0 Å². The van der Waals surface area contributed by atoms with Gasteiger partial charge >= 0.3 is 5.97 Å². The van der Waals surface area contributed by atoms with E-state index in [1.54, 1.807) is 0 Å². The van der Waals surface area contributed by atoms with Crippen molar-refractivity contribution in [3.8, 4) is 0 Å². The lowest BCUT2D eigenvalue weighted by Crippen LogP contribution is -2.11. The van der Waals surface area contributed by atoms with Crippen LogP contribution in [0.4, 0.5) is 5.13 Å². The summed E-state index contributed by atoms with van der Waals surface area (Å²) in [7, 11) is 0. The number of carbonyl (C=O) groups excluding carboxylic acids is 2. The van der Waals surface area contributed by atoms with Crippen LogP contribution in [-0.4, -0.2) is 43.7 Å². The first-order valence-corrected chi connectivity index (χ1v) is 7.44. The molecule has 10 heteroatoms. The second-order valence-electron chi connectivity index (χ2n) is 3.87. The Morgan fingerprint density at radius 1 is 1.43 bits per heavy atom. The first kappa shape index (κ1) is 15.2. The number of carboxylic acid groups (broad SMARTS) is 1. The highest BCUT2D eigenvalue weighted by Crippen LogP contribution is 2.25. The Hall–Kier alpha value is -2.20. The number of hydrogen-bond donors (Lipinski definition) is 3. The fourth-order valence-electron chi connectivity index (χ4n) is 1.34. The molecule has 8 nitrogen and oxygen atoms in total. The van der Waals surface area contributed by atoms with Crippen LogP contribution in [0.3, 0.4) is 0 Å². The van der Waals surface area contributed by atoms with Crippen molar-refractivity contribution in [3.05, 3.63) is 23.5 Å². The summed E-state index contributed by atoms with van der Waals surface area (Å²) in [6.07, 6.45) is 1.45. The van der Waals surface area contributed by atoms with Crippen LogP contribution < -0.4 is 5.32 Å². The maximum Gasteiger partial charge on any atom is 0.313 e. The smallest absolute Gasteiger partial charge is 0.313 e. The molecule has 0 aliphatic carbocycles. The van der Waals surface area contributed by atoms with Crippen LogP contribution in [0.15, 0.2) is 16.6 Å². The van der Waals surface area contributed by atoms with Gasteiger partial charge in [-0.1, -0.05) is 23.1 Å². The van der Waals surface area contributed by atoms with Crippen LogP contribution in [0.25, 0.3) is 0 Å². The lowest BCUT2D eigenvalue weighted by atomic mass is 10.2. The fourth-order valence-corrected chi connectivity index (χ4v) is 2.80. The molecule has 0 bridgehead atoms. The summed E-state index contributed by atoms with van der Waals surface area (Å²) in [5.74, 6) is -1.67. The number of H-pyrrole nitrogens is 1. The number of thioether (sulfide) groups is 1. The number of hydrogen-bond acceptors (Lipinski definition) is 7. The summed E-state index contributed by atoms with van der Waals surface area (Å²) in [6.45, 7) is 1.40. The van der Waals surface area contributed by atoms with Crippen LogP contribution in [0.5, 0.6) is 0 Å². The number of Topliss-reactive ketones (excluding diaryl/α,β-unsaturated/α-hetero) is 1. The first-order chi connectivity index (χ1) is 9.95. The molecule has 1 amide bonds. The quantitative estimate of drug-likeness (QED) is 0.417. The van der Waals surface area contributed by atoms with Gasteiger partial charge in [0.2, 0.25) is 5.13 Å². The number of nitrogens with zero attached hydrogens (tertiary/aromatic N) is 2. The van der Waals surface area contributed by atoms with E-state index in [1.807, 2.05) is 0 Å². The molecule has 0 saturated carbocycles. The fraction of sp³-hybridized carbons (Fsp3) is 0.182. The van der Waals surface area contributed by atoms with E-state index in [-0.39, 0.29) is 22.4 Å². The molecule has 2 aromatic rings. The second kappa shape index (κ2) is 6.50. The molecule has 21 heavy (non-hydrogen) atoms. The van der Waals surface area contributed by atoms with E-state index in [9.17, 15) is 14.4 Å². The molecule has 0 aromatic carbocycles. The Labute approximate surface area is 127 Å². The highest BCUT2D eigenvalue weighted by Gasteiger charge is 2.14. The molecule has 0 atom stereocenters. The van der Waals surface area contributed by atoms with E-state index in [0.29, 0.717) is 9.90 Å². The molecule has 0 radical (unpaired) electrons. The lowest BCUT2D eigenvalue weighted by Gasteiger charge is -1.96. The zero-order valence-corrected chi connectivity index (χ0v) is 12.4. The summed E-state index contributed by atoms with van der Waals surface area (Å²) < 4.78 is 0.448. The highest BCUT2D eigenvalue weighted by atomic mass is 32.2. The Bertz CT molecular complexity index is 694. The van der Waals surface area contributed by atoms with E-state index in [1.165, 1.54) is 19.2 Å². The van der Waals surface area contributed by atoms with Crippen molar-refractivity contribution in [3.63, 3.8) is 0 Å². The zero-order chi connectivity index (χ0) is 15.4. The van der Waals surface area contributed by atoms with Gasteiger partial charge in [-0.2, -0.15) is 0 Å². The number of amides is 1. The number of anilines is 1. The van der Waals surface area contributed by atoms with Crippen molar-refractivity contribution < 1.29 is 19.5 Å². The minimum atomic E-state index is -0.955. The molecule has 110 valence electrons. The monoisotopic (exact) mass is 326 g/mol. The molecule has 2 heterocycles. The van der Waals surface area contributed by atoms with E-state index in [4.69, 9.17) is 5.11 Å². The maximum atomic E-state index is 11.9. The van der Waals surface area contributed by atoms with Crippen LogP contribution in [0, 0.1) is 0 Å². The Morgan fingerprint density at radius 2 is 2.19 bits per heavy atom. The van der Waals surface area contributed by atoms with E-state index >= 15 is 0 Å². The first-order valence-electron chi connectivity index (χ1n) is 5.64. The average Bonchev–Trinajstić information content (AvgIpc) is 3.05. The van der Waals surface area contributed by atoms with Gasteiger partial charge in [0.05, 0.1) is 5.75 Å². The van der Waals surface area contributed by atoms with E-state index in [0.717, 1.165) is 23.1 Å². The van der Waals surface area contributed by atoms with Crippen molar-refractivity contribution in [2.75, 3.05) is 11.1 Å². The predicted octanol–water partition coefficient (Wildman–Crippen LogP) is 1.50. The molecule has 0 aliphatic heterocycles. The molecule has 0 fully saturated rings. The van der Waals surface area contributed by atoms with Gasteiger partial charge in [0.15, 0.2) is 10.1 Å². The number of aliphatic carboxylic acids is 1. The standard InChI is InChI=1S/C11H10N4O4S2/c1-5(16)6-2-7(12-3-6)9(19)13-10-14-15-11(21-10)20-4-8(17)18/h2-3,12H,4H2,1H3,(H,17,18)(H,13,14,19). The summed E-state index contributed by atoms with van der Waals surface area (Å²) in [6, 6.07) is 1.44. The number of ketones is 1. The van der Waals surface area contributed by atoms with Gasteiger partial charge < -0.3 is 10.1 Å². The molecule has 3 N–H and O–H groups in total. The third-order valence-electron chi connectivity index (χ3n) is 2.28. The third-order valence-corrected chi connectivity index (χ3v) is 4.24. The number of carbonyl (C=O) groups is 3. The normalized spacial score (nSPS) is 10.3. The zero-order valence-electron chi connectivity index (χ0n) is 10.7. The summed E-state index contributed by atoms with van der Waals surface area (Å²) in [4.78, 5) is 36.2. The van der Waals surface area contributed by atoms with Crippen LogP contribution in [-0.2, 0) is 4.79 Å². The van der Waals surface area contributed by atoms with Gasteiger partial charge in [-0.05, 0) is 13.0 Å². The molecule has 0 unspecified atom stereocenters. The summed E-state index contributed by atoms with van der Waals surface area (Å²) >= 11 is 2.10. The number of aromatic nitrogens is 3. The van der Waals surface area contributed by atoms with Gasteiger partial charge in [0.25, 0.3) is 5.91 Å². The Morgan fingerprint density at radius 3 is 2.81 bits per heavy atom. The van der Waals surface area contributed by atoms with Gasteiger partial charge in [-0.3, -0.25) is 19.7 Å². The maximum absolute atomic E-state index is 11.9. The highest BCUT2D eigenvalue weighted by molar-refractivity contribution is 8.01. The molecular weight excluding hydrogens is 316 g/mol. The largest absolute Gasteiger partial charge is 0.481 e. The number of nitrogens with one attached hydrogen (secondary N) is 2. The Kier molecular flexibility index (Phi) is 4.70. The number of aromatic amines is 1. The predicted molar refractivity (Wildman–Crippen MR) is 77.0 cm³/mol. The van der Waals surface area contributed by atoms with Crippen molar-refractivity contribution in [2.24, 2.45) is 0 Å². The SMILES string of the molecule is CC(=O)c1c[nH]c(C(=O)Nc2nnc(SCC(=O)O)s2)c1.